The Bertz CT molecular complexity index is 663. The first-order chi connectivity index (χ1) is 10.1. The summed E-state index contributed by atoms with van der Waals surface area (Å²) in [5.74, 6) is -0.247. The minimum Gasteiger partial charge on any atom is -0.409 e. The second-order valence-electron chi connectivity index (χ2n) is 4.60. The lowest BCUT2D eigenvalue weighted by atomic mass is 10.1. The maximum absolute atomic E-state index is 12.0. The number of aryl methyl sites for hydroxylation is 1. The van der Waals surface area contributed by atoms with Gasteiger partial charge >= 0.3 is 0 Å². The van der Waals surface area contributed by atoms with Gasteiger partial charge in [-0.25, -0.2) is 0 Å². The van der Waals surface area contributed by atoms with Crippen LogP contribution in [0.3, 0.4) is 0 Å². The highest BCUT2D eigenvalue weighted by atomic mass is 16.4. The quantitative estimate of drug-likeness (QED) is 0.326. The Morgan fingerprint density at radius 2 is 2.24 bits per heavy atom. The maximum Gasteiger partial charge on any atom is 0.251 e. The van der Waals surface area contributed by atoms with Gasteiger partial charge < -0.3 is 16.3 Å². The number of carbonyl (C=O) groups is 1. The molecule has 0 aliphatic heterocycles. The van der Waals surface area contributed by atoms with Gasteiger partial charge in [0, 0.05) is 23.9 Å². The van der Waals surface area contributed by atoms with Crippen molar-refractivity contribution in [3.63, 3.8) is 0 Å². The van der Waals surface area contributed by atoms with Gasteiger partial charge in [0.2, 0.25) is 0 Å². The number of nitrogens with two attached hydrogens (primary N) is 1. The molecule has 1 amide bonds. The lowest BCUT2D eigenvalue weighted by Gasteiger charge is -2.07. The van der Waals surface area contributed by atoms with Gasteiger partial charge in [-0.1, -0.05) is 17.3 Å². The highest BCUT2D eigenvalue weighted by Crippen LogP contribution is 2.05. The van der Waals surface area contributed by atoms with Crippen LogP contribution in [-0.2, 0) is 6.54 Å². The van der Waals surface area contributed by atoms with Crippen molar-refractivity contribution in [3.05, 3.63) is 53.3 Å². The third-order valence-corrected chi connectivity index (χ3v) is 2.92. The molecule has 0 radical (unpaired) electrons. The summed E-state index contributed by atoms with van der Waals surface area (Å²) in [6, 6.07) is 6.58. The summed E-state index contributed by atoms with van der Waals surface area (Å²) in [6.07, 6.45) is 3.67. The van der Waals surface area contributed by atoms with Crippen LogP contribution in [0.25, 0.3) is 0 Å². The average Bonchev–Trinajstić information content (AvgIpc) is 2.92. The Morgan fingerprint density at radius 3 is 2.90 bits per heavy atom. The molecule has 0 aliphatic rings. The van der Waals surface area contributed by atoms with Crippen molar-refractivity contribution in [1.29, 1.82) is 0 Å². The van der Waals surface area contributed by atoms with E-state index in [1.54, 1.807) is 35.1 Å². The van der Waals surface area contributed by atoms with E-state index in [0.29, 0.717) is 24.2 Å². The molecule has 1 heterocycles. The summed E-state index contributed by atoms with van der Waals surface area (Å²) in [4.78, 5) is 12.0. The van der Waals surface area contributed by atoms with Crippen LogP contribution >= 0.6 is 0 Å². The smallest absolute Gasteiger partial charge is 0.251 e. The van der Waals surface area contributed by atoms with E-state index in [1.807, 2.05) is 13.1 Å². The van der Waals surface area contributed by atoms with Crippen LogP contribution in [0.15, 0.2) is 41.8 Å². The molecule has 0 atom stereocenters. The van der Waals surface area contributed by atoms with E-state index in [4.69, 9.17) is 10.9 Å². The normalized spacial score (nSPS) is 11.4. The Balaban J connectivity index is 1.94. The number of nitrogens with zero attached hydrogens (tertiary/aromatic N) is 3. The molecular weight excluding hydrogens is 270 g/mol. The van der Waals surface area contributed by atoms with Crippen molar-refractivity contribution < 1.29 is 10.0 Å². The summed E-state index contributed by atoms with van der Waals surface area (Å²) in [5.41, 5.74) is 7.52. The van der Waals surface area contributed by atoms with Crippen LogP contribution in [0.1, 0.15) is 21.5 Å². The van der Waals surface area contributed by atoms with Crippen LogP contribution in [0.5, 0.6) is 0 Å². The summed E-state index contributed by atoms with van der Waals surface area (Å²) in [5, 5.41) is 18.5. The zero-order chi connectivity index (χ0) is 15.2. The highest BCUT2D eigenvalue weighted by molar-refractivity contribution is 6.01. The van der Waals surface area contributed by atoms with Gasteiger partial charge in [-0.2, -0.15) is 5.10 Å². The largest absolute Gasteiger partial charge is 0.409 e. The fraction of sp³-hybridized carbons (Fsp3) is 0.214. The van der Waals surface area contributed by atoms with Crippen molar-refractivity contribution in [2.24, 2.45) is 10.9 Å². The van der Waals surface area contributed by atoms with Crippen molar-refractivity contribution in [2.45, 2.75) is 13.5 Å². The summed E-state index contributed by atoms with van der Waals surface area (Å²) in [7, 11) is 0. The van der Waals surface area contributed by atoms with E-state index in [2.05, 4.69) is 15.6 Å². The van der Waals surface area contributed by atoms with E-state index < -0.39 is 0 Å². The molecule has 2 rings (SSSR count). The van der Waals surface area contributed by atoms with Gasteiger partial charge in [-0.3, -0.25) is 9.48 Å². The van der Waals surface area contributed by atoms with E-state index >= 15 is 0 Å². The Labute approximate surface area is 122 Å². The predicted octanol–water partition coefficient (Wildman–Crippen LogP) is 0.716. The summed E-state index contributed by atoms with van der Waals surface area (Å²) >= 11 is 0. The van der Waals surface area contributed by atoms with Crippen molar-refractivity contribution in [2.75, 3.05) is 6.54 Å². The number of hydrogen-bond donors (Lipinski definition) is 3. The molecule has 2 aromatic rings. The van der Waals surface area contributed by atoms with Gasteiger partial charge in [0.1, 0.15) is 0 Å². The number of nitrogens with one attached hydrogen (secondary N) is 1. The Morgan fingerprint density at radius 1 is 1.48 bits per heavy atom. The first kappa shape index (κ1) is 14.6. The zero-order valence-corrected chi connectivity index (χ0v) is 11.7. The third kappa shape index (κ3) is 3.82. The second kappa shape index (κ2) is 6.56. The van der Waals surface area contributed by atoms with Crippen LogP contribution in [0, 0.1) is 6.92 Å². The monoisotopic (exact) mass is 287 g/mol. The first-order valence-electron chi connectivity index (χ1n) is 6.45. The lowest BCUT2D eigenvalue weighted by molar-refractivity contribution is 0.0952. The van der Waals surface area contributed by atoms with Crippen LogP contribution in [-0.4, -0.2) is 33.3 Å². The van der Waals surface area contributed by atoms with E-state index in [9.17, 15) is 4.79 Å². The number of amides is 1. The Kier molecular flexibility index (Phi) is 4.55. The van der Waals surface area contributed by atoms with Gasteiger partial charge in [0.25, 0.3) is 5.91 Å². The fourth-order valence-electron chi connectivity index (χ4n) is 1.85. The van der Waals surface area contributed by atoms with Gasteiger partial charge in [-0.05, 0) is 24.6 Å². The number of oxime groups is 1. The van der Waals surface area contributed by atoms with E-state index in [1.165, 1.54) is 0 Å². The summed E-state index contributed by atoms with van der Waals surface area (Å²) < 4.78 is 1.77. The molecule has 1 aromatic heterocycles. The lowest BCUT2D eigenvalue weighted by Crippen LogP contribution is -2.27. The molecule has 0 saturated heterocycles. The molecule has 0 aliphatic carbocycles. The summed E-state index contributed by atoms with van der Waals surface area (Å²) in [6.45, 7) is 3.02. The second-order valence-corrected chi connectivity index (χ2v) is 4.60. The molecule has 7 nitrogen and oxygen atoms in total. The van der Waals surface area contributed by atoms with Gasteiger partial charge in [-0.15, -0.1) is 0 Å². The molecule has 0 spiro atoms. The first-order valence-corrected chi connectivity index (χ1v) is 6.45. The van der Waals surface area contributed by atoms with Crippen molar-refractivity contribution >= 4 is 11.7 Å². The molecule has 7 heteroatoms. The molecule has 1 aromatic carbocycles. The Hall–Kier alpha value is -2.83. The standard InChI is InChI=1S/C14H17N5O2/c1-10-8-17-19(9-10)6-5-16-14(20)12-4-2-3-11(7-12)13(15)18-21/h2-4,7-9,21H,5-6H2,1H3,(H2,15,18)(H,16,20). The van der Waals surface area contributed by atoms with Gasteiger partial charge in [0.05, 0.1) is 12.7 Å². The number of aromatic nitrogens is 2. The molecule has 110 valence electrons. The van der Waals surface area contributed by atoms with Crippen molar-refractivity contribution in [3.8, 4) is 0 Å². The number of benzene rings is 1. The minimum atomic E-state index is -0.216. The molecule has 0 unspecified atom stereocenters. The maximum atomic E-state index is 12.0. The molecule has 0 bridgehead atoms. The third-order valence-electron chi connectivity index (χ3n) is 2.92. The van der Waals surface area contributed by atoms with Crippen LogP contribution < -0.4 is 11.1 Å². The molecule has 21 heavy (non-hydrogen) atoms. The molecular formula is C14H17N5O2. The predicted molar refractivity (Wildman–Crippen MR) is 78.3 cm³/mol. The topological polar surface area (TPSA) is 106 Å². The number of rotatable bonds is 5. The SMILES string of the molecule is Cc1cnn(CCNC(=O)c2cccc(/C(N)=N/O)c2)c1. The molecule has 0 saturated carbocycles. The van der Waals surface area contributed by atoms with E-state index in [0.717, 1.165) is 5.56 Å². The number of amidine groups is 1. The minimum absolute atomic E-state index is 0.0309. The fourth-order valence-corrected chi connectivity index (χ4v) is 1.85. The molecule has 4 N–H and O–H groups in total. The zero-order valence-electron chi connectivity index (χ0n) is 11.7. The van der Waals surface area contributed by atoms with E-state index in [-0.39, 0.29) is 11.7 Å². The van der Waals surface area contributed by atoms with Crippen LogP contribution in [0.4, 0.5) is 0 Å². The number of carbonyl (C=O) groups excluding carboxylic acids is 1. The van der Waals surface area contributed by atoms with Gasteiger partial charge in [0.15, 0.2) is 5.84 Å². The van der Waals surface area contributed by atoms with Crippen molar-refractivity contribution in [1.82, 2.24) is 15.1 Å². The average molecular weight is 287 g/mol. The highest BCUT2D eigenvalue weighted by Gasteiger charge is 2.07. The number of hydrogen-bond acceptors (Lipinski definition) is 4. The van der Waals surface area contributed by atoms with Crippen LogP contribution in [0.2, 0.25) is 0 Å². The molecule has 0 fully saturated rings.